The van der Waals surface area contributed by atoms with E-state index in [-0.39, 0.29) is 5.78 Å². The second-order valence-corrected chi connectivity index (χ2v) is 3.07. The summed E-state index contributed by atoms with van der Waals surface area (Å²) in [6.45, 7) is 2.74. The van der Waals surface area contributed by atoms with Crippen molar-refractivity contribution in [3.63, 3.8) is 0 Å². The Labute approximate surface area is 83.3 Å². The van der Waals surface area contributed by atoms with Crippen LogP contribution in [0.15, 0.2) is 18.2 Å². The van der Waals surface area contributed by atoms with Crippen LogP contribution < -0.4 is 16.8 Å². The number of nitrogens with two attached hydrogens (primary N) is 2. The minimum atomic E-state index is -0.0288. The largest absolute Gasteiger partial charge is 0.398 e. The molecule has 0 fully saturated rings. The SMILES string of the molecule is CC(=O)c1cc(NCCN)ccc1N. The molecule has 0 amide bonds. The predicted molar refractivity (Wildman–Crippen MR) is 58.4 cm³/mol. The molecule has 0 spiro atoms. The Kier molecular flexibility index (Phi) is 3.48. The number of rotatable bonds is 4. The third-order valence-electron chi connectivity index (χ3n) is 1.91. The highest BCUT2D eigenvalue weighted by atomic mass is 16.1. The summed E-state index contributed by atoms with van der Waals surface area (Å²) in [6, 6.07) is 5.29. The van der Waals surface area contributed by atoms with Gasteiger partial charge in [0.15, 0.2) is 5.78 Å². The quantitative estimate of drug-likeness (QED) is 0.489. The number of nitrogens with one attached hydrogen (secondary N) is 1. The van der Waals surface area contributed by atoms with Crippen molar-refractivity contribution in [2.24, 2.45) is 5.73 Å². The van der Waals surface area contributed by atoms with Crippen molar-refractivity contribution >= 4 is 17.2 Å². The van der Waals surface area contributed by atoms with Crippen LogP contribution in [-0.2, 0) is 0 Å². The van der Waals surface area contributed by atoms with Crippen LogP contribution in [0.25, 0.3) is 0 Å². The number of carbonyl (C=O) groups is 1. The van der Waals surface area contributed by atoms with Crippen LogP contribution in [0.4, 0.5) is 11.4 Å². The fourth-order valence-electron chi connectivity index (χ4n) is 1.19. The maximum absolute atomic E-state index is 11.2. The van der Waals surface area contributed by atoms with E-state index in [2.05, 4.69) is 5.32 Å². The molecule has 0 heterocycles. The average molecular weight is 193 g/mol. The van der Waals surface area contributed by atoms with Crippen molar-refractivity contribution in [1.29, 1.82) is 0 Å². The molecule has 0 radical (unpaired) electrons. The number of ketones is 1. The molecule has 0 saturated carbocycles. The van der Waals surface area contributed by atoms with Crippen LogP contribution in [0.3, 0.4) is 0 Å². The molecule has 0 aromatic heterocycles. The molecule has 5 N–H and O–H groups in total. The number of benzene rings is 1. The molecule has 76 valence electrons. The molecule has 4 heteroatoms. The summed E-state index contributed by atoms with van der Waals surface area (Å²) in [6.07, 6.45) is 0. The zero-order valence-corrected chi connectivity index (χ0v) is 8.21. The first kappa shape index (κ1) is 10.5. The normalized spacial score (nSPS) is 9.86. The second kappa shape index (κ2) is 4.62. The first-order chi connectivity index (χ1) is 6.65. The van der Waals surface area contributed by atoms with E-state index in [4.69, 9.17) is 11.5 Å². The summed E-state index contributed by atoms with van der Waals surface area (Å²) >= 11 is 0. The topological polar surface area (TPSA) is 81.1 Å². The average Bonchev–Trinajstić information content (AvgIpc) is 2.16. The summed E-state index contributed by atoms with van der Waals surface area (Å²) in [5, 5.41) is 3.08. The van der Waals surface area contributed by atoms with Crippen LogP contribution >= 0.6 is 0 Å². The molecular formula is C10H15N3O. The van der Waals surface area contributed by atoms with Crippen LogP contribution in [0.5, 0.6) is 0 Å². The Morgan fingerprint density at radius 3 is 2.79 bits per heavy atom. The molecular weight excluding hydrogens is 178 g/mol. The van der Waals surface area contributed by atoms with Gasteiger partial charge < -0.3 is 16.8 Å². The first-order valence-corrected chi connectivity index (χ1v) is 4.49. The molecule has 0 aliphatic rings. The summed E-state index contributed by atoms with van der Waals surface area (Å²) in [5.41, 5.74) is 12.9. The minimum absolute atomic E-state index is 0.0288. The van der Waals surface area contributed by atoms with Crippen LogP contribution in [0.2, 0.25) is 0 Å². The molecule has 0 aliphatic carbocycles. The maximum Gasteiger partial charge on any atom is 0.161 e. The standard InChI is InChI=1S/C10H15N3O/c1-7(14)9-6-8(13-5-4-11)2-3-10(9)12/h2-3,6,13H,4-5,11-12H2,1H3. The lowest BCUT2D eigenvalue weighted by Crippen LogP contribution is -2.13. The number of carbonyl (C=O) groups excluding carboxylic acids is 1. The maximum atomic E-state index is 11.2. The van der Waals surface area contributed by atoms with Crippen molar-refractivity contribution in [3.05, 3.63) is 23.8 Å². The van der Waals surface area contributed by atoms with Gasteiger partial charge in [-0.15, -0.1) is 0 Å². The van der Waals surface area contributed by atoms with Gasteiger partial charge in [-0.3, -0.25) is 4.79 Å². The highest BCUT2D eigenvalue weighted by molar-refractivity contribution is 5.99. The lowest BCUT2D eigenvalue weighted by Gasteiger charge is -2.07. The monoisotopic (exact) mass is 193 g/mol. The van der Waals surface area contributed by atoms with Gasteiger partial charge >= 0.3 is 0 Å². The molecule has 0 saturated heterocycles. The summed E-state index contributed by atoms with van der Waals surface area (Å²) in [7, 11) is 0. The van der Waals surface area contributed by atoms with Gasteiger partial charge in [0.1, 0.15) is 0 Å². The van der Waals surface area contributed by atoms with Gasteiger partial charge in [0, 0.05) is 30.0 Å². The highest BCUT2D eigenvalue weighted by Gasteiger charge is 2.04. The number of anilines is 2. The fraction of sp³-hybridized carbons (Fsp3) is 0.300. The Balaban J connectivity index is 2.89. The second-order valence-electron chi connectivity index (χ2n) is 3.07. The van der Waals surface area contributed by atoms with Gasteiger partial charge in [0.05, 0.1) is 0 Å². The van der Waals surface area contributed by atoms with Crippen molar-refractivity contribution in [2.75, 3.05) is 24.1 Å². The highest BCUT2D eigenvalue weighted by Crippen LogP contribution is 2.17. The van der Waals surface area contributed by atoms with Crippen LogP contribution in [-0.4, -0.2) is 18.9 Å². The molecule has 1 aromatic rings. The minimum Gasteiger partial charge on any atom is -0.398 e. The molecule has 0 bridgehead atoms. The Bertz CT molecular complexity index is 336. The predicted octanol–water partition coefficient (Wildman–Crippen LogP) is 0.842. The smallest absolute Gasteiger partial charge is 0.161 e. The van der Waals surface area contributed by atoms with E-state index in [9.17, 15) is 4.79 Å². The Morgan fingerprint density at radius 2 is 2.21 bits per heavy atom. The molecule has 1 rings (SSSR count). The van der Waals surface area contributed by atoms with Gasteiger partial charge in [-0.1, -0.05) is 0 Å². The van der Waals surface area contributed by atoms with E-state index >= 15 is 0 Å². The zero-order chi connectivity index (χ0) is 10.6. The Hall–Kier alpha value is -1.55. The van der Waals surface area contributed by atoms with Crippen molar-refractivity contribution in [2.45, 2.75) is 6.92 Å². The van der Waals surface area contributed by atoms with E-state index in [1.165, 1.54) is 6.92 Å². The van der Waals surface area contributed by atoms with E-state index in [1.54, 1.807) is 12.1 Å². The van der Waals surface area contributed by atoms with E-state index in [0.29, 0.717) is 24.3 Å². The van der Waals surface area contributed by atoms with Gasteiger partial charge in [0.2, 0.25) is 0 Å². The molecule has 0 unspecified atom stereocenters. The van der Waals surface area contributed by atoms with Gasteiger partial charge in [-0.25, -0.2) is 0 Å². The fourth-order valence-corrected chi connectivity index (χ4v) is 1.19. The van der Waals surface area contributed by atoms with Gasteiger partial charge in [0.25, 0.3) is 0 Å². The number of hydrogen-bond donors (Lipinski definition) is 3. The molecule has 1 aromatic carbocycles. The van der Waals surface area contributed by atoms with Crippen molar-refractivity contribution < 1.29 is 4.79 Å². The first-order valence-electron chi connectivity index (χ1n) is 4.49. The Morgan fingerprint density at radius 1 is 1.50 bits per heavy atom. The molecule has 0 atom stereocenters. The number of nitrogen functional groups attached to an aromatic ring is 1. The summed E-state index contributed by atoms with van der Waals surface area (Å²) in [4.78, 5) is 11.2. The molecule has 0 aliphatic heterocycles. The van der Waals surface area contributed by atoms with Gasteiger partial charge in [-0.05, 0) is 25.1 Å². The number of hydrogen-bond acceptors (Lipinski definition) is 4. The lowest BCUT2D eigenvalue weighted by molar-refractivity contribution is 0.101. The van der Waals surface area contributed by atoms with Crippen molar-refractivity contribution in [1.82, 2.24) is 0 Å². The zero-order valence-electron chi connectivity index (χ0n) is 8.21. The third-order valence-corrected chi connectivity index (χ3v) is 1.91. The van der Waals surface area contributed by atoms with Crippen LogP contribution in [0, 0.1) is 0 Å². The molecule has 4 nitrogen and oxygen atoms in total. The number of Topliss-reactive ketones (excluding diaryl/α,β-unsaturated/α-hetero) is 1. The van der Waals surface area contributed by atoms with Gasteiger partial charge in [-0.2, -0.15) is 0 Å². The molecule has 14 heavy (non-hydrogen) atoms. The third kappa shape index (κ3) is 2.47. The van der Waals surface area contributed by atoms with E-state index < -0.39 is 0 Å². The van der Waals surface area contributed by atoms with E-state index in [1.807, 2.05) is 6.07 Å². The van der Waals surface area contributed by atoms with E-state index in [0.717, 1.165) is 5.69 Å². The lowest BCUT2D eigenvalue weighted by atomic mass is 10.1. The van der Waals surface area contributed by atoms with Crippen molar-refractivity contribution in [3.8, 4) is 0 Å². The van der Waals surface area contributed by atoms with Crippen LogP contribution in [0.1, 0.15) is 17.3 Å². The summed E-state index contributed by atoms with van der Waals surface area (Å²) < 4.78 is 0. The summed E-state index contributed by atoms with van der Waals surface area (Å²) in [5.74, 6) is -0.0288.